The van der Waals surface area contributed by atoms with Gasteiger partial charge < -0.3 is 4.79 Å². The lowest BCUT2D eigenvalue weighted by molar-refractivity contribution is -0.117. The molecule has 2 heteroatoms. The molecule has 1 rings (SSSR count). The van der Waals surface area contributed by atoms with Gasteiger partial charge in [0.2, 0.25) is 0 Å². The molecule has 0 bridgehead atoms. The number of carbonyl (C=O) groups excluding carboxylic acids is 1. The third kappa shape index (κ3) is 5.03. The van der Waals surface area contributed by atoms with Crippen LogP contribution in [0.3, 0.4) is 0 Å². The Kier molecular flexibility index (Phi) is 5.48. The van der Waals surface area contributed by atoms with Crippen molar-refractivity contribution in [2.45, 2.75) is 31.6 Å². The van der Waals surface area contributed by atoms with Crippen LogP contribution in [0, 0.1) is 5.92 Å². The van der Waals surface area contributed by atoms with Gasteiger partial charge in [0.25, 0.3) is 0 Å². The summed E-state index contributed by atoms with van der Waals surface area (Å²) in [4.78, 5) is 12.3. The molecule has 0 saturated carbocycles. The van der Waals surface area contributed by atoms with E-state index in [0.717, 1.165) is 18.6 Å². The summed E-state index contributed by atoms with van der Waals surface area (Å²) in [6.45, 7) is 3.83. The molecule has 1 aromatic carbocycles. The molecule has 1 atom stereocenters. The van der Waals surface area contributed by atoms with Gasteiger partial charge in [-0.05, 0) is 25.0 Å². The van der Waals surface area contributed by atoms with Crippen LogP contribution in [0.2, 0.25) is 0 Å². The van der Waals surface area contributed by atoms with E-state index in [0.29, 0.717) is 11.7 Å². The van der Waals surface area contributed by atoms with E-state index in [-0.39, 0.29) is 0 Å². The minimum absolute atomic E-state index is 0.301. The first-order valence-electron chi connectivity index (χ1n) is 5.39. The molecular weight excluding hydrogens is 204 g/mol. The number of rotatable bonds is 6. The summed E-state index contributed by atoms with van der Waals surface area (Å²) < 4.78 is 0. The predicted molar refractivity (Wildman–Crippen MR) is 66.2 cm³/mol. The highest BCUT2D eigenvalue weighted by molar-refractivity contribution is 7.99. The topological polar surface area (TPSA) is 17.1 Å². The fourth-order valence-corrected chi connectivity index (χ4v) is 2.59. The molecule has 0 aromatic heterocycles. The van der Waals surface area contributed by atoms with Crippen molar-refractivity contribution in [3.8, 4) is 0 Å². The zero-order valence-electron chi connectivity index (χ0n) is 9.40. The largest absolute Gasteiger partial charge is 0.300 e. The summed E-state index contributed by atoms with van der Waals surface area (Å²) in [5, 5.41) is 0. The molecule has 0 aliphatic heterocycles. The van der Waals surface area contributed by atoms with Crippen molar-refractivity contribution < 1.29 is 4.79 Å². The monoisotopic (exact) mass is 222 g/mol. The fraction of sp³-hybridized carbons (Fsp3) is 0.462. The van der Waals surface area contributed by atoms with Gasteiger partial charge in [-0.25, -0.2) is 0 Å². The van der Waals surface area contributed by atoms with E-state index in [1.165, 1.54) is 4.90 Å². The first kappa shape index (κ1) is 12.3. The second-order valence-electron chi connectivity index (χ2n) is 3.80. The van der Waals surface area contributed by atoms with Gasteiger partial charge in [-0.1, -0.05) is 31.5 Å². The van der Waals surface area contributed by atoms with Crippen LogP contribution in [0.1, 0.15) is 26.7 Å². The minimum Gasteiger partial charge on any atom is -0.300 e. The normalized spacial score (nSPS) is 12.4. The molecular formula is C13H18OS. The maximum absolute atomic E-state index is 11.0. The van der Waals surface area contributed by atoms with Crippen LogP contribution in [0.5, 0.6) is 0 Å². The molecule has 0 radical (unpaired) electrons. The highest BCUT2D eigenvalue weighted by Gasteiger charge is 2.09. The Hall–Kier alpha value is -0.760. The van der Waals surface area contributed by atoms with E-state index in [1.54, 1.807) is 6.92 Å². The molecule has 0 heterocycles. The number of ketones is 1. The average Bonchev–Trinajstić information content (AvgIpc) is 2.25. The number of hydrogen-bond acceptors (Lipinski definition) is 2. The van der Waals surface area contributed by atoms with E-state index in [2.05, 4.69) is 19.1 Å². The lowest BCUT2D eigenvalue weighted by Crippen LogP contribution is -2.07. The second-order valence-corrected chi connectivity index (χ2v) is 4.90. The number of thioether (sulfide) groups is 1. The summed E-state index contributed by atoms with van der Waals surface area (Å²) in [6.07, 6.45) is 1.80. The number of hydrogen-bond donors (Lipinski definition) is 0. The Morgan fingerprint density at radius 2 is 2.00 bits per heavy atom. The third-order valence-corrected chi connectivity index (χ3v) is 3.63. The summed E-state index contributed by atoms with van der Waals surface area (Å²) >= 11 is 1.84. The molecule has 1 aromatic rings. The fourth-order valence-electron chi connectivity index (χ4n) is 1.46. The van der Waals surface area contributed by atoms with Crippen LogP contribution in [-0.2, 0) is 4.79 Å². The first-order chi connectivity index (χ1) is 7.22. The Labute approximate surface area is 96.3 Å². The first-order valence-corrected chi connectivity index (χ1v) is 6.38. The van der Waals surface area contributed by atoms with Crippen molar-refractivity contribution >= 4 is 17.5 Å². The van der Waals surface area contributed by atoms with Gasteiger partial charge in [0.05, 0.1) is 0 Å². The van der Waals surface area contributed by atoms with Gasteiger partial charge in [0.1, 0.15) is 5.78 Å². The molecule has 82 valence electrons. The molecule has 0 fully saturated rings. The van der Waals surface area contributed by atoms with E-state index in [1.807, 2.05) is 30.0 Å². The Morgan fingerprint density at radius 1 is 1.33 bits per heavy atom. The molecule has 0 aliphatic carbocycles. The van der Waals surface area contributed by atoms with Crippen molar-refractivity contribution in [2.75, 3.05) is 5.75 Å². The SMILES string of the molecule is CCC(CSc1ccccc1)CC(C)=O. The van der Waals surface area contributed by atoms with E-state index in [4.69, 9.17) is 0 Å². The van der Waals surface area contributed by atoms with Gasteiger partial charge in [0.15, 0.2) is 0 Å². The average molecular weight is 222 g/mol. The van der Waals surface area contributed by atoms with Gasteiger partial charge in [-0.2, -0.15) is 0 Å². The number of carbonyl (C=O) groups is 1. The lowest BCUT2D eigenvalue weighted by Gasteiger charge is -2.12. The van der Waals surface area contributed by atoms with Crippen LogP contribution in [-0.4, -0.2) is 11.5 Å². The van der Waals surface area contributed by atoms with Crippen LogP contribution in [0.4, 0.5) is 0 Å². The maximum atomic E-state index is 11.0. The third-order valence-electron chi connectivity index (χ3n) is 2.38. The van der Waals surface area contributed by atoms with E-state index < -0.39 is 0 Å². The minimum atomic E-state index is 0.301. The van der Waals surface area contributed by atoms with Gasteiger partial charge >= 0.3 is 0 Å². The number of benzene rings is 1. The molecule has 1 nitrogen and oxygen atoms in total. The van der Waals surface area contributed by atoms with Crippen LogP contribution in [0.25, 0.3) is 0 Å². The summed E-state index contributed by atoms with van der Waals surface area (Å²) in [5.74, 6) is 1.86. The van der Waals surface area contributed by atoms with Crippen LogP contribution >= 0.6 is 11.8 Å². The van der Waals surface area contributed by atoms with Crippen LogP contribution < -0.4 is 0 Å². The highest BCUT2D eigenvalue weighted by atomic mass is 32.2. The Morgan fingerprint density at radius 3 is 2.53 bits per heavy atom. The maximum Gasteiger partial charge on any atom is 0.130 e. The summed E-state index contributed by atoms with van der Waals surface area (Å²) in [5.41, 5.74) is 0. The smallest absolute Gasteiger partial charge is 0.130 e. The summed E-state index contributed by atoms with van der Waals surface area (Å²) in [6, 6.07) is 10.4. The molecule has 0 spiro atoms. The molecule has 1 unspecified atom stereocenters. The van der Waals surface area contributed by atoms with Gasteiger partial charge in [-0.3, -0.25) is 0 Å². The number of Topliss-reactive ketones (excluding diaryl/α,β-unsaturated/α-hetero) is 1. The van der Waals surface area contributed by atoms with Crippen molar-refractivity contribution in [2.24, 2.45) is 5.92 Å². The zero-order chi connectivity index (χ0) is 11.1. The van der Waals surface area contributed by atoms with Crippen LogP contribution in [0.15, 0.2) is 35.2 Å². The lowest BCUT2D eigenvalue weighted by atomic mass is 10.0. The van der Waals surface area contributed by atoms with Crippen molar-refractivity contribution in [1.29, 1.82) is 0 Å². The van der Waals surface area contributed by atoms with E-state index in [9.17, 15) is 4.79 Å². The predicted octanol–water partition coefficient (Wildman–Crippen LogP) is 3.78. The molecule has 0 N–H and O–H groups in total. The Bertz CT molecular complexity index is 295. The molecule has 0 aliphatic rings. The quantitative estimate of drug-likeness (QED) is 0.681. The van der Waals surface area contributed by atoms with Crippen molar-refractivity contribution in [3.63, 3.8) is 0 Å². The summed E-state index contributed by atoms with van der Waals surface area (Å²) in [7, 11) is 0. The molecule has 0 saturated heterocycles. The molecule has 15 heavy (non-hydrogen) atoms. The van der Waals surface area contributed by atoms with Gasteiger partial charge in [0, 0.05) is 17.1 Å². The van der Waals surface area contributed by atoms with E-state index >= 15 is 0 Å². The molecule has 0 amide bonds. The zero-order valence-corrected chi connectivity index (χ0v) is 10.2. The Balaban J connectivity index is 2.37. The van der Waals surface area contributed by atoms with Crippen molar-refractivity contribution in [3.05, 3.63) is 30.3 Å². The van der Waals surface area contributed by atoms with Crippen molar-refractivity contribution in [1.82, 2.24) is 0 Å². The van der Waals surface area contributed by atoms with Gasteiger partial charge in [-0.15, -0.1) is 11.8 Å². The second kappa shape index (κ2) is 6.67. The highest BCUT2D eigenvalue weighted by Crippen LogP contribution is 2.23. The standard InChI is InChI=1S/C13H18OS/c1-3-12(9-11(2)14)10-15-13-7-5-4-6-8-13/h4-8,12H,3,9-10H2,1-2H3.